The SMILES string of the molecule is N#CCCNC(=O)c1cc(F)ccc1N. The van der Waals surface area contributed by atoms with Gasteiger partial charge in [-0.3, -0.25) is 4.79 Å². The summed E-state index contributed by atoms with van der Waals surface area (Å²) in [6.07, 6.45) is 0.209. The molecule has 5 heteroatoms. The van der Waals surface area contributed by atoms with Gasteiger partial charge in [0, 0.05) is 12.2 Å². The maximum Gasteiger partial charge on any atom is 0.253 e. The number of amides is 1. The largest absolute Gasteiger partial charge is 0.398 e. The van der Waals surface area contributed by atoms with Crippen molar-refractivity contribution in [3.8, 4) is 6.07 Å². The van der Waals surface area contributed by atoms with E-state index in [-0.39, 0.29) is 24.2 Å². The average Bonchev–Trinajstić information content (AvgIpc) is 2.22. The number of nitrogen functional groups attached to an aromatic ring is 1. The Labute approximate surface area is 86.5 Å². The third-order valence-electron chi connectivity index (χ3n) is 1.78. The van der Waals surface area contributed by atoms with Crippen molar-refractivity contribution >= 4 is 11.6 Å². The first-order valence-corrected chi connectivity index (χ1v) is 4.35. The summed E-state index contributed by atoms with van der Waals surface area (Å²) in [6.45, 7) is 0.227. The van der Waals surface area contributed by atoms with Crippen LogP contribution in [-0.2, 0) is 0 Å². The van der Waals surface area contributed by atoms with E-state index in [9.17, 15) is 9.18 Å². The first-order chi connectivity index (χ1) is 7.15. The van der Waals surface area contributed by atoms with Gasteiger partial charge < -0.3 is 11.1 Å². The average molecular weight is 207 g/mol. The smallest absolute Gasteiger partial charge is 0.253 e. The summed E-state index contributed by atoms with van der Waals surface area (Å²) in [5, 5.41) is 10.7. The number of nitrogens with one attached hydrogen (secondary N) is 1. The number of rotatable bonds is 3. The lowest BCUT2D eigenvalue weighted by Crippen LogP contribution is -2.25. The summed E-state index contributed by atoms with van der Waals surface area (Å²) in [6, 6.07) is 5.46. The normalized spacial score (nSPS) is 9.33. The zero-order valence-corrected chi connectivity index (χ0v) is 7.96. The lowest BCUT2D eigenvalue weighted by Gasteiger charge is -2.05. The Kier molecular flexibility index (Phi) is 3.63. The molecule has 3 N–H and O–H groups in total. The van der Waals surface area contributed by atoms with Crippen LogP contribution in [0.2, 0.25) is 0 Å². The van der Waals surface area contributed by atoms with Crippen LogP contribution in [-0.4, -0.2) is 12.5 Å². The van der Waals surface area contributed by atoms with Crippen LogP contribution in [0.4, 0.5) is 10.1 Å². The molecule has 1 amide bonds. The van der Waals surface area contributed by atoms with Gasteiger partial charge in [-0.2, -0.15) is 5.26 Å². The van der Waals surface area contributed by atoms with Gasteiger partial charge in [-0.1, -0.05) is 0 Å². The predicted molar refractivity (Wildman–Crippen MR) is 53.4 cm³/mol. The predicted octanol–water partition coefficient (Wildman–Crippen LogP) is 1.05. The molecule has 0 aliphatic carbocycles. The Morgan fingerprint density at radius 3 is 3.00 bits per heavy atom. The van der Waals surface area contributed by atoms with E-state index in [0.717, 1.165) is 6.07 Å². The molecule has 1 aromatic carbocycles. The van der Waals surface area contributed by atoms with Crippen LogP contribution >= 0.6 is 0 Å². The lowest BCUT2D eigenvalue weighted by molar-refractivity contribution is 0.0955. The zero-order chi connectivity index (χ0) is 11.3. The number of hydrogen-bond acceptors (Lipinski definition) is 3. The summed E-state index contributed by atoms with van der Waals surface area (Å²) < 4.78 is 12.8. The van der Waals surface area contributed by atoms with Crippen LogP contribution in [0, 0.1) is 17.1 Å². The molecular formula is C10H10FN3O. The van der Waals surface area contributed by atoms with Crippen LogP contribution in [0.15, 0.2) is 18.2 Å². The standard InChI is InChI=1S/C10H10FN3O/c11-7-2-3-9(13)8(6-7)10(15)14-5-1-4-12/h2-3,6H,1,5,13H2,(H,14,15). The van der Waals surface area contributed by atoms with Gasteiger partial charge in [0.2, 0.25) is 0 Å². The highest BCUT2D eigenvalue weighted by Crippen LogP contribution is 2.12. The molecule has 0 aliphatic rings. The van der Waals surface area contributed by atoms with E-state index in [1.54, 1.807) is 0 Å². The minimum Gasteiger partial charge on any atom is -0.398 e. The van der Waals surface area contributed by atoms with Gasteiger partial charge >= 0.3 is 0 Å². The summed E-state index contributed by atoms with van der Waals surface area (Å²) in [4.78, 5) is 11.4. The van der Waals surface area contributed by atoms with Crippen LogP contribution in [0.1, 0.15) is 16.8 Å². The summed E-state index contributed by atoms with van der Waals surface area (Å²) in [7, 11) is 0. The monoisotopic (exact) mass is 207 g/mol. The van der Waals surface area contributed by atoms with Crippen molar-refractivity contribution in [2.24, 2.45) is 0 Å². The van der Waals surface area contributed by atoms with Crippen LogP contribution < -0.4 is 11.1 Å². The topological polar surface area (TPSA) is 78.9 Å². The van der Waals surface area contributed by atoms with Gasteiger partial charge in [-0.05, 0) is 18.2 Å². The fraction of sp³-hybridized carbons (Fsp3) is 0.200. The molecule has 0 unspecified atom stereocenters. The molecule has 0 bridgehead atoms. The highest BCUT2D eigenvalue weighted by Gasteiger charge is 2.09. The van der Waals surface area contributed by atoms with Crippen molar-refractivity contribution in [1.82, 2.24) is 5.32 Å². The van der Waals surface area contributed by atoms with E-state index in [0.29, 0.717) is 0 Å². The van der Waals surface area contributed by atoms with Crippen LogP contribution in [0.3, 0.4) is 0 Å². The number of halogens is 1. The Morgan fingerprint density at radius 1 is 1.60 bits per heavy atom. The van der Waals surface area contributed by atoms with Gasteiger partial charge in [-0.25, -0.2) is 4.39 Å². The summed E-state index contributed by atoms with van der Waals surface area (Å²) in [5.41, 5.74) is 5.81. The highest BCUT2D eigenvalue weighted by atomic mass is 19.1. The van der Waals surface area contributed by atoms with Crippen LogP contribution in [0.25, 0.3) is 0 Å². The summed E-state index contributed by atoms with van der Waals surface area (Å²) in [5.74, 6) is -0.989. The van der Waals surface area contributed by atoms with E-state index >= 15 is 0 Å². The molecule has 0 aromatic heterocycles. The second-order valence-corrected chi connectivity index (χ2v) is 2.90. The fourth-order valence-corrected chi connectivity index (χ4v) is 1.05. The van der Waals surface area contributed by atoms with E-state index in [1.807, 2.05) is 6.07 Å². The quantitative estimate of drug-likeness (QED) is 0.574. The third-order valence-corrected chi connectivity index (χ3v) is 1.78. The maximum absolute atomic E-state index is 12.8. The maximum atomic E-state index is 12.8. The van der Waals surface area contributed by atoms with E-state index in [4.69, 9.17) is 11.0 Å². The van der Waals surface area contributed by atoms with E-state index in [2.05, 4.69) is 5.32 Å². The molecule has 0 radical (unpaired) electrons. The molecule has 0 aliphatic heterocycles. The van der Waals surface area contributed by atoms with Gasteiger partial charge in [0.15, 0.2) is 0 Å². The minimum atomic E-state index is -0.519. The molecule has 0 atom stereocenters. The second-order valence-electron chi connectivity index (χ2n) is 2.90. The van der Waals surface area contributed by atoms with Crippen molar-refractivity contribution < 1.29 is 9.18 Å². The van der Waals surface area contributed by atoms with Crippen molar-refractivity contribution in [3.63, 3.8) is 0 Å². The second kappa shape index (κ2) is 4.96. The number of nitriles is 1. The number of nitrogens with zero attached hydrogens (tertiary/aromatic N) is 1. The number of carbonyl (C=O) groups is 1. The number of hydrogen-bond donors (Lipinski definition) is 2. The molecule has 1 aromatic rings. The number of anilines is 1. The van der Waals surface area contributed by atoms with Gasteiger partial charge in [0.1, 0.15) is 5.82 Å². The van der Waals surface area contributed by atoms with Crippen molar-refractivity contribution in [1.29, 1.82) is 5.26 Å². The Hall–Kier alpha value is -2.09. The Morgan fingerprint density at radius 2 is 2.33 bits per heavy atom. The molecule has 1 rings (SSSR count). The molecule has 0 saturated heterocycles. The molecule has 0 spiro atoms. The zero-order valence-electron chi connectivity index (χ0n) is 7.96. The third kappa shape index (κ3) is 2.95. The van der Waals surface area contributed by atoms with Gasteiger partial charge in [-0.15, -0.1) is 0 Å². The Balaban J connectivity index is 2.73. The van der Waals surface area contributed by atoms with Crippen molar-refractivity contribution in [3.05, 3.63) is 29.6 Å². The molecule has 0 fully saturated rings. The first kappa shape index (κ1) is 11.0. The number of carbonyl (C=O) groups excluding carboxylic acids is 1. The number of nitrogens with two attached hydrogens (primary N) is 1. The number of benzene rings is 1. The molecule has 0 heterocycles. The van der Waals surface area contributed by atoms with Gasteiger partial charge in [0.05, 0.1) is 18.1 Å². The fourth-order valence-electron chi connectivity index (χ4n) is 1.05. The van der Waals surface area contributed by atoms with E-state index in [1.165, 1.54) is 12.1 Å². The molecule has 15 heavy (non-hydrogen) atoms. The first-order valence-electron chi connectivity index (χ1n) is 4.35. The highest BCUT2D eigenvalue weighted by molar-refractivity contribution is 5.99. The summed E-state index contributed by atoms with van der Waals surface area (Å²) >= 11 is 0. The van der Waals surface area contributed by atoms with Crippen molar-refractivity contribution in [2.75, 3.05) is 12.3 Å². The van der Waals surface area contributed by atoms with Crippen molar-refractivity contribution in [2.45, 2.75) is 6.42 Å². The Bertz CT molecular complexity index is 412. The lowest BCUT2D eigenvalue weighted by atomic mass is 10.1. The minimum absolute atomic E-state index is 0.0907. The van der Waals surface area contributed by atoms with E-state index < -0.39 is 11.7 Å². The molecule has 78 valence electrons. The molecule has 4 nitrogen and oxygen atoms in total. The molecular weight excluding hydrogens is 197 g/mol. The van der Waals surface area contributed by atoms with Gasteiger partial charge in [0.25, 0.3) is 5.91 Å². The molecule has 0 saturated carbocycles. The van der Waals surface area contributed by atoms with Crippen LogP contribution in [0.5, 0.6) is 0 Å².